The zero-order chi connectivity index (χ0) is 32.1. The van der Waals surface area contributed by atoms with Crippen LogP contribution in [0.25, 0.3) is 10.9 Å². The number of aromatic nitrogens is 1. The van der Waals surface area contributed by atoms with Gasteiger partial charge in [-0.1, -0.05) is 38.5 Å². The van der Waals surface area contributed by atoms with Gasteiger partial charge in [0.1, 0.15) is 18.1 Å². The topological polar surface area (TPSA) is 268 Å². The average Bonchev–Trinajstić information content (AvgIpc) is 3.36. The van der Waals surface area contributed by atoms with E-state index in [4.69, 9.17) is 17.2 Å². The Bertz CT molecular complexity index is 1310. The van der Waals surface area contributed by atoms with Crippen molar-refractivity contribution in [3.63, 3.8) is 0 Å². The van der Waals surface area contributed by atoms with E-state index in [0.717, 1.165) is 16.5 Å². The molecule has 15 nitrogen and oxygen atoms in total. The number of carbonyl (C=O) groups excluding carboxylic acids is 3. The van der Waals surface area contributed by atoms with Crippen LogP contribution in [-0.4, -0.2) is 81.5 Å². The Hall–Kier alpha value is -4.66. The molecule has 3 amide bonds. The zero-order valence-corrected chi connectivity index (χ0v) is 24.3. The van der Waals surface area contributed by atoms with Crippen molar-refractivity contribution in [2.24, 2.45) is 28.1 Å². The molecule has 5 unspecified atom stereocenters. The molecule has 43 heavy (non-hydrogen) atoms. The second kappa shape index (κ2) is 16.7. The number of H-pyrrole nitrogens is 1. The lowest BCUT2D eigenvalue weighted by Crippen LogP contribution is -2.58. The van der Waals surface area contributed by atoms with Crippen molar-refractivity contribution < 1.29 is 34.2 Å². The lowest BCUT2D eigenvalue weighted by Gasteiger charge is -2.26. The van der Waals surface area contributed by atoms with Gasteiger partial charge < -0.3 is 48.3 Å². The summed E-state index contributed by atoms with van der Waals surface area (Å²) in [5.74, 6) is -5.26. The third-order valence-corrected chi connectivity index (χ3v) is 7.09. The quantitative estimate of drug-likeness (QED) is 0.0602. The van der Waals surface area contributed by atoms with E-state index in [1.165, 1.54) is 0 Å². The van der Waals surface area contributed by atoms with Crippen molar-refractivity contribution in [3.05, 3.63) is 36.0 Å². The molecule has 236 valence electrons. The Morgan fingerprint density at radius 1 is 0.953 bits per heavy atom. The monoisotopic (exact) mass is 602 g/mol. The lowest BCUT2D eigenvalue weighted by molar-refractivity contribution is -0.144. The molecular formula is C28H42N8O7. The molecule has 0 aliphatic heterocycles. The number of benzene rings is 1. The van der Waals surface area contributed by atoms with E-state index in [2.05, 4.69) is 25.9 Å². The molecule has 0 saturated heterocycles. The SMILES string of the molecule is CCC(C)C(NC(=O)C(CCCN=C(N)N)NC(=O)C(CCC(=O)O)NC(=O)C(N)Cc1c[nH]c2ccccc12)C(=O)O. The normalized spacial score (nSPS) is 14.5. The van der Waals surface area contributed by atoms with Crippen LogP contribution in [0.4, 0.5) is 0 Å². The predicted molar refractivity (Wildman–Crippen MR) is 160 cm³/mol. The maximum atomic E-state index is 13.3. The van der Waals surface area contributed by atoms with E-state index < -0.39 is 66.2 Å². The molecule has 2 rings (SSSR count). The number of rotatable bonds is 18. The minimum atomic E-state index is -1.34. The van der Waals surface area contributed by atoms with Gasteiger partial charge in [-0.05, 0) is 43.2 Å². The highest BCUT2D eigenvalue weighted by atomic mass is 16.4. The Kier molecular flexibility index (Phi) is 13.4. The smallest absolute Gasteiger partial charge is 0.326 e. The van der Waals surface area contributed by atoms with Crippen LogP contribution in [0, 0.1) is 5.92 Å². The van der Waals surface area contributed by atoms with Crippen LogP contribution in [-0.2, 0) is 30.4 Å². The van der Waals surface area contributed by atoms with Crippen LogP contribution >= 0.6 is 0 Å². The summed E-state index contributed by atoms with van der Waals surface area (Å²) in [6.45, 7) is 3.58. The number of nitrogens with zero attached hydrogens (tertiary/aromatic N) is 1. The first-order valence-corrected chi connectivity index (χ1v) is 14.1. The highest BCUT2D eigenvalue weighted by Crippen LogP contribution is 2.19. The zero-order valence-electron chi connectivity index (χ0n) is 24.3. The number of fused-ring (bicyclic) bond motifs is 1. The first-order valence-electron chi connectivity index (χ1n) is 14.1. The molecule has 1 aromatic carbocycles. The summed E-state index contributed by atoms with van der Waals surface area (Å²) in [5.41, 5.74) is 18.5. The van der Waals surface area contributed by atoms with Crippen LogP contribution in [0.1, 0.15) is 51.5 Å². The largest absolute Gasteiger partial charge is 0.481 e. The molecule has 0 aliphatic carbocycles. The number of aromatic amines is 1. The van der Waals surface area contributed by atoms with Gasteiger partial charge in [0.25, 0.3) is 0 Å². The van der Waals surface area contributed by atoms with Crippen molar-refractivity contribution in [1.29, 1.82) is 0 Å². The summed E-state index contributed by atoms with van der Waals surface area (Å²) in [6, 6.07) is 2.63. The van der Waals surface area contributed by atoms with E-state index in [-0.39, 0.29) is 38.2 Å². The van der Waals surface area contributed by atoms with Crippen LogP contribution in [0.15, 0.2) is 35.5 Å². The Morgan fingerprint density at radius 2 is 1.58 bits per heavy atom. The maximum absolute atomic E-state index is 13.3. The summed E-state index contributed by atoms with van der Waals surface area (Å²) in [6.07, 6.45) is 1.90. The number of hydrogen-bond donors (Lipinski definition) is 9. The van der Waals surface area contributed by atoms with Gasteiger partial charge in [-0.3, -0.25) is 24.2 Å². The van der Waals surface area contributed by atoms with Gasteiger partial charge >= 0.3 is 11.9 Å². The number of para-hydroxylation sites is 1. The predicted octanol–water partition coefficient (Wildman–Crippen LogP) is -0.459. The van der Waals surface area contributed by atoms with E-state index >= 15 is 0 Å². The van der Waals surface area contributed by atoms with Gasteiger partial charge in [0.05, 0.1) is 6.04 Å². The fourth-order valence-electron chi connectivity index (χ4n) is 4.43. The number of amides is 3. The first-order chi connectivity index (χ1) is 20.3. The van der Waals surface area contributed by atoms with Crippen LogP contribution in [0.5, 0.6) is 0 Å². The minimum Gasteiger partial charge on any atom is -0.481 e. The Morgan fingerprint density at radius 3 is 2.21 bits per heavy atom. The molecule has 0 spiro atoms. The third kappa shape index (κ3) is 10.9. The molecule has 2 aromatic rings. The van der Waals surface area contributed by atoms with Gasteiger partial charge in [0.2, 0.25) is 17.7 Å². The van der Waals surface area contributed by atoms with Gasteiger partial charge in [-0.2, -0.15) is 0 Å². The number of carboxylic acids is 2. The lowest BCUT2D eigenvalue weighted by atomic mass is 9.98. The highest BCUT2D eigenvalue weighted by Gasteiger charge is 2.32. The van der Waals surface area contributed by atoms with Gasteiger partial charge in [-0.25, -0.2) is 4.79 Å². The van der Waals surface area contributed by atoms with Crippen LogP contribution < -0.4 is 33.2 Å². The van der Waals surface area contributed by atoms with E-state index in [1.807, 2.05) is 24.3 Å². The van der Waals surface area contributed by atoms with Crippen LogP contribution in [0.3, 0.4) is 0 Å². The van der Waals surface area contributed by atoms with Gasteiger partial charge in [0, 0.05) is 30.1 Å². The summed E-state index contributed by atoms with van der Waals surface area (Å²) >= 11 is 0. The van der Waals surface area contributed by atoms with Crippen molar-refractivity contribution in [2.45, 2.75) is 76.5 Å². The van der Waals surface area contributed by atoms with E-state index in [1.54, 1.807) is 20.0 Å². The fourth-order valence-corrected chi connectivity index (χ4v) is 4.43. The summed E-state index contributed by atoms with van der Waals surface area (Å²) in [4.78, 5) is 69.6. The molecule has 0 radical (unpaired) electrons. The van der Waals surface area contributed by atoms with Gasteiger partial charge in [0.15, 0.2) is 5.96 Å². The van der Waals surface area contributed by atoms with E-state index in [9.17, 15) is 34.2 Å². The molecule has 1 heterocycles. The molecule has 0 bridgehead atoms. The second-order valence-corrected chi connectivity index (χ2v) is 10.4. The Labute approximate surface area is 249 Å². The molecule has 5 atom stereocenters. The summed E-state index contributed by atoms with van der Waals surface area (Å²) in [7, 11) is 0. The first kappa shape index (κ1) is 34.5. The molecule has 15 heteroatoms. The molecule has 0 aliphatic rings. The fraction of sp³-hybridized carbons (Fsp3) is 0.500. The third-order valence-electron chi connectivity index (χ3n) is 7.09. The number of carbonyl (C=O) groups is 5. The van der Waals surface area contributed by atoms with Crippen molar-refractivity contribution in [3.8, 4) is 0 Å². The number of aliphatic carboxylic acids is 2. The van der Waals surface area contributed by atoms with Crippen molar-refractivity contribution in [2.75, 3.05) is 6.54 Å². The van der Waals surface area contributed by atoms with Crippen molar-refractivity contribution >= 4 is 46.5 Å². The number of hydrogen-bond acceptors (Lipinski definition) is 7. The van der Waals surface area contributed by atoms with Crippen molar-refractivity contribution in [1.82, 2.24) is 20.9 Å². The summed E-state index contributed by atoms with van der Waals surface area (Å²) < 4.78 is 0. The number of aliphatic imine (C=N–C) groups is 1. The average molecular weight is 603 g/mol. The number of guanidine groups is 1. The minimum absolute atomic E-state index is 0.0286. The number of nitrogens with two attached hydrogens (primary N) is 3. The number of carboxylic acid groups (broad SMARTS) is 2. The standard InChI is InChI=1S/C28H42N8O7/c1-3-15(2)23(27(42)43)36-26(41)20(9-6-12-32-28(30)31)35-25(40)21(10-11-22(37)38)34-24(39)18(29)13-16-14-33-19-8-5-4-7-17(16)19/h4-5,7-8,14-15,18,20-21,23,33H,3,6,9-13,29H2,1-2H3,(H,34,39)(H,35,40)(H,36,41)(H,37,38)(H,42,43)(H4,30,31,32). The molecule has 0 fully saturated rings. The van der Waals surface area contributed by atoms with Crippen LogP contribution in [0.2, 0.25) is 0 Å². The Balaban J connectivity index is 2.20. The highest BCUT2D eigenvalue weighted by molar-refractivity contribution is 5.94. The molecule has 12 N–H and O–H groups in total. The second-order valence-electron chi connectivity index (χ2n) is 10.4. The summed E-state index contributed by atoms with van der Waals surface area (Å²) in [5, 5.41) is 27.2. The number of nitrogens with one attached hydrogen (secondary N) is 4. The van der Waals surface area contributed by atoms with E-state index in [0.29, 0.717) is 6.42 Å². The molecular weight excluding hydrogens is 560 g/mol. The molecule has 1 aromatic heterocycles. The maximum Gasteiger partial charge on any atom is 0.326 e. The molecule has 0 saturated carbocycles. The van der Waals surface area contributed by atoms with Gasteiger partial charge in [-0.15, -0.1) is 0 Å².